The lowest BCUT2D eigenvalue weighted by Crippen LogP contribution is -2.30. The molecule has 4 heteroatoms. The zero-order valence-corrected chi connectivity index (χ0v) is 11.2. The Labute approximate surface area is 118 Å². The van der Waals surface area contributed by atoms with Gasteiger partial charge in [-0.1, -0.05) is 18.2 Å². The summed E-state index contributed by atoms with van der Waals surface area (Å²) in [5.74, 6) is 1.00. The van der Waals surface area contributed by atoms with E-state index in [0.717, 1.165) is 24.1 Å². The van der Waals surface area contributed by atoms with Gasteiger partial charge in [0.05, 0.1) is 0 Å². The molecule has 4 nitrogen and oxygen atoms in total. The highest BCUT2D eigenvalue weighted by atomic mass is 16.4. The minimum absolute atomic E-state index is 0.0294. The van der Waals surface area contributed by atoms with Crippen molar-refractivity contribution in [2.75, 3.05) is 11.4 Å². The average Bonchev–Trinajstić information content (AvgIpc) is 2.83. The summed E-state index contributed by atoms with van der Waals surface area (Å²) in [7, 11) is 0. The van der Waals surface area contributed by atoms with Crippen molar-refractivity contribution in [2.24, 2.45) is 0 Å². The molecule has 1 atom stereocenters. The number of amides is 1. The van der Waals surface area contributed by atoms with Gasteiger partial charge in [0.25, 0.3) is 0 Å². The van der Waals surface area contributed by atoms with Gasteiger partial charge in [-0.3, -0.25) is 9.59 Å². The van der Waals surface area contributed by atoms with Crippen LogP contribution in [-0.4, -0.2) is 23.5 Å². The van der Waals surface area contributed by atoms with Crippen LogP contribution >= 0.6 is 0 Å². The minimum Gasteiger partial charge on any atom is -0.481 e. The highest BCUT2D eigenvalue weighted by molar-refractivity contribution is 5.98. The summed E-state index contributed by atoms with van der Waals surface area (Å²) in [5, 5.41) is 9.25. The molecule has 2 rings (SSSR count). The third-order valence-corrected chi connectivity index (χ3v) is 3.53. The molecule has 0 bridgehead atoms. The largest absolute Gasteiger partial charge is 0.481 e. The number of carboxylic acid groups (broad SMARTS) is 1. The van der Waals surface area contributed by atoms with E-state index >= 15 is 0 Å². The standard InChI is InChI=1S/C16H17NO3/c1-2-3-4-5-10-15(18)17-11-13(16(19)20)12-8-6-7-9-14(12)17/h1,6-9,13H,3-5,10-11H2,(H,19,20). The predicted molar refractivity (Wildman–Crippen MR) is 76.5 cm³/mol. The molecule has 20 heavy (non-hydrogen) atoms. The Morgan fingerprint density at radius 3 is 2.80 bits per heavy atom. The molecule has 0 spiro atoms. The molecular weight excluding hydrogens is 254 g/mol. The summed E-state index contributed by atoms with van der Waals surface area (Å²) >= 11 is 0. The number of carbonyl (C=O) groups is 2. The number of nitrogens with zero attached hydrogens (tertiary/aromatic N) is 1. The summed E-state index contributed by atoms with van der Waals surface area (Å²) in [6, 6.07) is 7.20. The molecule has 0 aromatic heterocycles. The molecule has 1 aliphatic rings. The monoisotopic (exact) mass is 271 g/mol. The van der Waals surface area contributed by atoms with Crippen molar-refractivity contribution >= 4 is 17.6 Å². The summed E-state index contributed by atoms with van der Waals surface area (Å²) < 4.78 is 0. The first-order valence-corrected chi connectivity index (χ1v) is 6.70. The van der Waals surface area contributed by atoms with Gasteiger partial charge in [0.15, 0.2) is 0 Å². The molecule has 1 aromatic carbocycles. The molecule has 1 aromatic rings. The Hall–Kier alpha value is -2.28. The lowest BCUT2D eigenvalue weighted by Gasteiger charge is -2.17. The molecule has 1 amide bonds. The molecule has 0 fully saturated rings. The second-order valence-electron chi connectivity index (χ2n) is 4.87. The number of hydrogen-bond donors (Lipinski definition) is 1. The number of unbranched alkanes of at least 4 members (excludes halogenated alkanes) is 2. The topological polar surface area (TPSA) is 57.6 Å². The Kier molecular flexibility index (Phi) is 4.41. The Morgan fingerprint density at radius 1 is 1.35 bits per heavy atom. The van der Waals surface area contributed by atoms with Crippen LogP contribution in [0.4, 0.5) is 5.69 Å². The van der Waals surface area contributed by atoms with E-state index in [0.29, 0.717) is 12.8 Å². The van der Waals surface area contributed by atoms with Crippen molar-refractivity contribution in [3.05, 3.63) is 29.8 Å². The Bertz CT molecular complexity index is 559. The van der Waals surface area contributed by atoms with E-state index in [1.54, 1.807) is 23.1 Å². The number of anilines is 1. The number of carbonyl (C=O) groups excluding carboxylic acids is 1. The van der Waals surface area contributed by atoms with Gasteiger partial charge in [0, 0.05) is 25.1 Å². The van der Waals surface area contributed by atoms with Crippen molar-refractivity contribution in [3.8, 4) is 12.3 Å². The number of benzene rings is 1. The SMILES string of the molecule is C#CCCCCC(=O)N1CC(C(=O)O)c2ccccc21. The van der Waals surface area contributed by atoms with Gasteiger partial charge in [-0.25, -0.2) is 0 Å². The molecule has 0 saturated heterocycles. The second-order valence-corrected chi connectivity index (χ2v) is 4.87. The van der Waals surface area contributed by atoms with E-state index in [2.05, 4.69) is 5.92 Å². The minimum atomic E-state index is -0.889. The zero-order chi connectivity index (χ0) is 14.5. The van der Waals surface area contributed by atoms with Crippen molar-refractivity contribution in [1.29, 1.82) is 0 Å². The van der Waals surface area contributed by atoms with Crippen LogP contribution in [0.2, 0.25) is 0 Å². The lowest BCUT2D eigenvalue weighted by molar-refractivity contribution is -0.138. The van der Waals surface area contributed by atoms with E-state index in [4.69, 9.17) is 6.42 Å². The van der Waals surface area contributed by atoms with Gasteiger partial charge in [0.1, 0.15) is 5.92 Å². The lowest BCUT2D eigenvalue weighted by atomic mass is 10.0. The smallest absolute Gasteiger partial charge is 0.312 e. The van der Waals surface area contributed by atoms with Gasteiger partial charge in [0.2, 0.25) is 5.91 Å². The molecule has 1 heterocycles. The first kappa shape index (κ1) is 14.1. The van der Waals surface area contributed by atoms with E-state index in [-0.39, 0.29) is 12.5 Å². The van der Waals surface area contributed by atoms with Crippen LogP contribution in [0.3, 0.4) is 0 Å². The van der Waals surface area contributed by atoms with E-state index in [1.807, 2.05) is 6.07 Å². The summed E-state index contributed by atoms with van der Waals surface area (Å²) in [5.41, 5.74) is 1.44. The molecule has 0 aliphatic carbocycles. The first-order valence-electron chi connectivity index (χ1n) is 6.70. The van der Waals surface area contributed by atoms with E-state index in [1.165, 1.54) is 0 Å². The number of fused-ring (bicyclic) bond motifs is 1. The third-order valence-electron chi connectivity index (χ3n) is 3.53. The van der Waals surface area contributed by atoms with Crippen molar-refractivity contribution in [3.63, 3.8) is 0 Å². The van der Waals surface area contributed by atoms with Gasteiger partial charge >= 0.3 is 5.97 Å². The van der Waals surface area contributed by atoms with Crippen LogP contribution in [0.15, 0.2) is 24.3 Å². The maximum absolute atomic E-state index is 12.2. The van der Waals surface area contributed by atoms with Crippen molar-refractivity contribution < 1.29 is 14.7 Å². The van der Waals surface area contributed by atoms with Crippen LogP contribution in [0.25, 0.3) is 0 Å². The molecule has 0 radical (unpaired) electrons. The van der Waals surface area contributed by atoms with E-state index in [9.17, 15) is 14.7 Å². The summed E-state index contributed by atoms with van der Waals surface area (Å²) in [6.45, 7) is 0.225. The highest BCUT2D eigenvalue weighted by Crippen LogP contribution is 2.36. The molecule has 1 unspecified atom stereocenters. The zero-order valence-electron chi connectivity index (χ0n) is 11.2. The number of aliphatic carboxylic acids is 1. The van der Waals surface area contributed by atoms with Crippen LogP contribution in [-0.2, 0) is 9.59 Å². The normalized spacial score (nSPS) is 16.6. The predicted octanol–water partition coefficient (Wildman–Crippen LogP) is 2.40. The number of para-hydroxylation sites is 1. The van der Waals surface area contributed by atoms with Gasteiger partial charge < -0.3 is 10.0 Å². The summed E-state index contributed by atoms with van der Waals surface area (Å²) in [4.78, 5) is 25.1. The maximum atomic E-state index is 12.2. The van der Waals surface area contributed by atoms with Crippen molar-refractivity contribution in [1.82, 2.24) is 0 Å². The fourth-order valence-electron chi connectivity index (χ4n) is 2.49. The van der Waals surface area contributed by atoms with Gasteiger partial charge in [-0.05, 0) is 24.5 Å². The van der Waals surface area contributed by atoms with Crippen LogP contribution in [0.5, 0.6) is 0 Å². The fraction of sp³-hybridized carbons (Fsp3) is 0.375. The third kappa shape index (κ3) is 2.83. The quantitative estimate of drug-likeness (QED) is 0.661. The molecule has 1 aliphatic heterocycles. The van der Waals surface area contributed by atoms with Gasteiger partial charge in [-0.15, -0.1) is 12.3 Å². The van der Waals surface area contributed by atoms with Crippen LogP contribution < -0.4 is 4.90 Å². The number of carboxylic acids is 1. The van der Waals surface area contributed by atoms with Crippen LogP contribution in [0, 0.1) is 12.3 Å². The van der Waals surface area contributed by atoms with Crippen molar-refractivity contribution in [2.45, 2.75) is 31.6 Å². The number of hydrogen-bond acceptors (Lipinski definition) is 2. The second kappa shape index (κ2) is 6.25. The molecule has 104 valence electrons. The molecule has 1 N–H and O–H groups in total. The number of rotatable bonds is 5. The Morgan fingerprint density at radius 2 is 2.10 bits per heavy atom. The maximum Gasteiger partial charge on any atom is 0.312 e. The average molecular weight is 271 g/mol. The number of terminal acetylenes is 1. The first-order chi connectivity index (χ1) is 9.65. The summed E-state index contributed by atoms with van der Waals surface area (Å²) in [6.07, 6.45) is 7.80. The van der Waals surface area contributed by atoms with Crippen LogP contribution in [0.1, 0.15) is 37.2 Å². The van der Waals surface area contributed by atoms with Gasteiger partial charge in [-0.2, -0.15) is 0 Å². The molecular formula is C16H17NO3. The molecule has 0 saturated carbocycles. The highest BCUT2D eigenvalue weighted by Gasteiger charge is 2.35. The fourth-order valence-corrected chi connectivity index (χ4v) is 2.49. The van der Waals surface area contributed by atoms with E-state index < -0.39 is 11.9 Å². The Balaban J connectivity index is 2.08.